The molecule has 31 heavy (non-hydrogen) atoms. The number of benzene rings is 2. The van der Waals surface area contributed by atoms with E-state index in [2.05, 4.69) is 5.32 Å². The Morgan fingerprint density at radius 2 is 1.74 bits per heavy atom. The lowest BCUT2D eigenvalue weighted by Gasteiger charge is -2.19. The van der Waals surface area contributed by atoms with Crippen molar-refractivity contribution in [1.82, 2.24) is 10.2 Å². The minimum atomic E-state index is -0.862. The third-order valence-electron chi connectivity index (χ3n) is 5.00. The minimum Gasteiger partial charge on any atom is -0.356 e. The summed E-state index contributed by atoms with van der Waals surface area (Å²) >= 11 is 0. The minimum absolute atomic E-state index is 0.0225. The zero-order valence-electron chi connectivity index (χ0n) is 17.0. The van der Waals surface area contributed by atoms with Crippen molar-refractivity contribution >= 4 is 29.3 Å². The molecular weight excluding hydrogens is 408 g/mol. The number of Topliss-reactive ketones (excluding diaryl/α,β-unsaturated/α-hetero) is 1. The predicted molar refractivity (Wildman–Crippen MR) is 109 cm³/mol. The third-order valence-corrected chi connectivity index (χ3v) is 5.00. The second-order valence-electron chi connectivity index (χ2n) is 7.19. The molecule has 0 spiro atoms. The Morgan fingerprint density at radius 1 is 1.06 bits per heavy atom. The zero-order chi connectivity index (χ0) is 22.7. The van der Waals surface area contributed by atoms with Crippen molar-refractivity contribution in [1.29, 1.82) is 0 Å². The molecule has 1 N–H and O–H groups in total. The molecule has 7 nitrogen and oxygen atoms in total. The molecule has 2 aromatic rings. The number of carbonyl (C=O) groups excluding carboxylic acids is 4. The summed E-state index contributed by atoms with van der Waals surface area (Å²) in [6.45, 7) is 2.59. The number of hydrogen-bond donors (Lipinski definition) is 1. The Bertz CT molecular complexity index is 1040. The van der Waals surface area contributed by atoms with Crippen LogP contribution in [0.3, 0.4) is 0 Å². The van der Waals surface area contributed by atoms with Crippen molar-refractivity contribution in [2.24, 2.45) is 0 Å². The van der Waals surface area contributed by atoms with Crippen molar-refractivity contribution < 1.29 is 28.0 Å². The molecule has 3 rings (SSSR count). The molecule has 1 atom stereocenters. The first kappa shape index (κ1) is 22.1. The van der Waals surface area contributed by atoms with E-state index in [1.165, 1.54) is 55.1 Å². The van der Waals surface area contributed by atoms with Gasteiger partial charge in [-0.25, -0.2) is 13.6 Å². The number of halogens is 2. The average molecular weight is 429 g/mol. The number of rotatable bonds is 7. The van der Waals surface area contributed by atoms with Gasteiger partial charge in [0.05, 0.1) is 6.54 Å². The van der Waals surface area contributed by atoms with Crippen LogP contribution in [0.4, 0.5) is 19.3 Å². The largest absolute Gasteiger partial charge is 0.356 e. The van der Waals surface area contributed by atoms with Gasteiger partial charge in [-0.3, -0.25) is 24.2 Å². The van der Waals surface area contributed by atoms with E-state index in [1.807, 2.05) is 0 Å². The molecule has 0 unspecified atom stereocenters. The van der Waals surface area contributed by atoms with Crippen LogP contribution < -0.4 is 10.2 Å². The summed E-state index contributed by atoms with van der Waals surface area (Å²) in [6.07, 6.45) is 0.257. The zero-order valence-corrected chi connectivity index (χ0v) is 17.0. The van der Waals surface area contributed by atoms with Gasteiger partial charge in [0, 0.05) is 24.7 Å². The third kappa shape index (κ3) is 4.76. The molecule has 0 bridgehead atoms. The van der Waals surface area contributed by atoms with E-state index in [9.17, 15) is 28.0 Å². The molecule has 1 aliphatic heterocycles. The van der Waals surface area contributed by atoms with Gasteiger partial charge in [-0.15, -0.1) is 0 Å². The summed E-state index contributed by atoms with van der Waals surface area (Å²) in [7, 11) is 0. The summed E-state index contributed by atoms with van der Waals surface area (Å²) in [6, 6.07) is 7.43. The van der Waals surface area contributed by atoms with E-state index in [0.717, 1.165) is 11.0 Å². The smallest absolute Gasteiger partial charge is 0.332 e. The standard InChI is InChI=1S/C22H21F2N3O4/c1-13-21(30)26(22(31)27(13)18-7-5-17(23)6-8-18)12-20(29)16-4-3-15(19(24)11-16)9-10-25-14(2)28/h3-8,11,13H,9-10,12H2,1-2H3,(H,25,28)/t13-/m1/s1. The predicted octanol–water partition coefficient (Wildman–Crippen LogP) is 2.68. The Kier molecular flexibility index (Phi) is 6.43. The molecule has 1 aliphatic rings. The maximum Gasteiger partial charge on any atom is 0.332 e. The van der Waals surface area contributed by atoms with Crippen molar-refractivity contribution in [3.05, 3.63) is 65.2 Å². The van der Waals surface area contributed by atoms with Gasteiger partial charge in [0.25, 0.3) is 5.91 Å². The highest BCUT2D eigenvalue weighted by molar-refractivity contribution is 6.16. The first-order valence-corrected chi connectivity index (χ1v) is 9.65. The summed E-state index contributed by atoms with van der Waals surface area (Å²) in [5.41, 5.74) is 0.681. The van der Waals surface area contributed by atoms with Gasteiger partial charge < -0.3 is 5.32 Å². The maximum atomic E-state index is 14.3. The first-order chi connectivity index (χ1) is 14.7. The second kappa shape index (κ2) is 9.03. The molecule has 162 valence electrons. The first-order valence-electron chi connectivity index (χ1n) is 9.65. The molecule has 0 aliphatic carbocycles. The number of nitrogens with one attached hydrogen (secondary N) is 1. The Balaban J connectivity index is 1.71. The quantitative estimate of drug-likeness (QED) is 0.542. The van der Waals surface area contributed by atoms with Crippen LogP contribution in [0.1, 0.15) is 29.8 Å². The Morgan fingerprint density at radius 3 is 2.35 bits per heavy atom. The van der Waals surface area contributed by atoms with Crippen molar-refractivity contribution in [2.45, 2.75) is 26.3 Å². The van der Waals surface area contributed by atoms with Gasteiger partial charge in [-0.05, 0) is 49.2 Å². The van der Waals surface area contributed by atoms with Gasteiger partial charge in [0.2, 0.25) is 5.91 Å². The fourth-order valence-electron chi connectivity index (χ4n) is 3.34. The molecular formula is C22H21F2N3O4. The van der Waals surface area contributed by atoms with Gasteiger partial charge in [0.15, 0.2) is 5.78 Å². The lowest BCUT2D eigenvalue weighted by Crippen LogP contribution is -2.37. The maximum absolute atomic E-state index is 14.3. The summed E-state index contributed by atoms with van der Waals surface area (Å²) in [4.78, 5) is 50.8. The van der Waals surface area contributed by atoms with Gasteiger partial charge in [-0.2, -0.15) is 0 Å². The molecule has 0 saturated carbocycles. The van der Waals surface area contributed by atoms with Crippen LogP contribution in [-0.4, -0.2) is 47.7 Å². The highest BCUT2D eigenvalue weighted by Gasteiger charge is 2.44. The number of urea groups is 1. The average Bonchev–Trinajstić information content (AvgIpc) is 2.93. The lowest BCUT2D eigenvalue weighted by molar-refractivity contribution is -0.126. The van der Waals surface area contributed by atoms with Crippen LogP contribution in [0.2, 0.25) is 0 Å². The summed E-state index contributed by atoms with van der Waals surface area (Å²) < 4.78 is 27.5. The fourth-order valence-corrected chi connectivity index (χ4v) is 3.34. The summed E-state index contributed by atoms with van der Waals surface area (Å²) in [5.74, 6) is -2.49. The molecule has 2 aromatic carbocycles. The fraction of sp³-hybridized carbons (Fsp3) is 0.273. The number of nitrogens with zero attached hydrogens (tertiary/aromatic N) is 2. The van der Waals surface area contributed by atoms with Crippen LogP contribution in [-0.2, 0) is 16.0 Å². The topological polar surface area (TPSA) is 86.8 Å². The molecule has 1 fully saturated rings. The van der Waals surface area contributed by atoms with E-state index in [0.29, 0.717) is 11.3 Å². The molecule has 0 radical (unpaired) electrons. The van der Waals surface area contributed by atoms with E-state index >= 15 is 0 Å². The SMILES string of the molecule is CC(=O)NCCc1ccc(C(=O)CN2C(=O)[C@@H](C)N(c3ccc(F)cc3)C2=O)cc1F. The van der Waals surface area contributed by atoms with Crippen LogP contribution in [0.25, 0.3) is 0 Å². The van der Waals surface area contributed by atoms with E-state index < -0.39 is 41.9 Å². The number of anilines is 1. The van der Waals surface area contributed by atoms with Crippen LogP contribution >= 0.6 is 0 Å². The van der Waals surface area contributed by atoms with E-state index in [1.54, 1.807) is 0 Å². The highest BCUT2D eigenvalue weighted by Crippen LogP contribution is 2.26. The molecule has 4 amide bonds. The number of amides is 4. The number of ketones is 1. The molecule has 1 heterocycles. The lowest BCUT2D eigenvalue weighted by atomic mass is 10.0. The molecule has 9 heteroatoms. The molecule has 0 aromatic heterocycles. The second-order valence-corrected chi connectivity index (χ2v) is 7.19. The van der Waals surface area contributed by atoms with Crippen molar-refractivity contribution in [2.75, 3.05) is 18.0 Å². The van der Waals surface area contributed by atoms with E-state index in [-0.39, 0.29) is 24.4 Å². The van der Waals surface area contributed by atoms with E-state index in [4.69, 9.17) is 0 Å². The van der Waals surface area contributed by atoms with Gasteiger partial charge in [-0.1, -0.05) is 12.1 Å². The Labute approximate surface area is 177 Å². The normalized spacial score (nSPS) is 16.1. The van der Waals surface area contributed by atoms with Crippen LogP contribution in [0, 0.1) is 11.6 Å². The van der Waals surface area contributed by atoms with Crippen molar-refractivity contribution in [3.8, 4) is 0 Å². The molecule has 1 saturated heterocycles. The highest BCUT2D eigenvalue weighted by atomic mass is 19.1. The van der Waals surface area contributed by atoms with Crippen molar-refractivity contribution in [3.63, 3.8) is 0 Å². The number of carbonyl (C=O) groups is 4. The monoisotopic (exact) mass is 429 g/mol. The number of hydrogen-bond acceptors (Lipinski definition) is 4. The van der Waals surface area contributed by atoms with Crippen LogP contribution in [0.5, 0.6) is 0 Å². The summed E-state index contributed by atoms with van der Waals surface area (Å²) in [5, 5.41) is 2.56. The Hall–Kier alpha value is -3.62. The number of imide groups is 1. The van der Waals surface area contributed by atoms with Gasteiger partial charge in [0.1, 0.15) is 17.7 Å². The van der Waals surface area contributed by atoms with Crippen LogP contribution in [0.15, 0.2) is 42.5 Å². The van der Waals surface area contributed by atoms with Gasteiger partial charge >= 0.3 is 6.03 Å².